The average Bonchev–Trinajstić information content (AvgIpc) is 2.97. The van der Waals surface area contributed by atoms with Gasteiger partial charge in [-0.05, 0) is 43.6 Å². The topological polar surface area (TPSA) is 66.5 Å². The lowest BCUT2D eigenvalue weighted by atomic mass is 10.2. The number of nitrogens with one attached hydrogen (secondary N) is 1. The smallest absolute Gasteiger partial charge is 0.188 e. The maximum Gasteiger partial charge on any atom is 0.188 e. The first-order valence-corrected chi connectivity index (χ1v) is 9.61. The molecule has 25 heavy (non-hydrogen) atoms. The van der Waals surface area contributed by atoms with Gasteiger partial charge in [0.25, 0.3) is 0 Å². The first kappa shape index (κ1) is 22.5. The Morgan fingerprint density at radius 2 is 2.24 bits per heavy atom. The molecule has 1 aliphatic heterocycles. The third-order valence-corrected chi connectivity index (χ3v) is 5.11. The summed E-state index contributed by atoms with van der Waals surface area (Å²) in [6.07, 6.45) is 4.37. The van der Waals surface area contributed by atoms with Crippen LogP contribution in [0.2, 0.25) is 0 Å². The standard InChI is InChI=1S/C18H31N5S.HI/c1-5-23-10-6-7-15(23)13-22-17(19)21-12-14-8-9-20-16(11-14)24-18(2,3)4;/h8-9,11,15H,5-7,10,12-13H2,1-4H3,(H3,19,21,22);1H. The second kappa shape index (κ2) is 10.6. The molecule has 0 amide bonds. The summed E-state index contributed by atoms with van der Waals surface area (Å²) in [5.74, 6) is 0.528. The molecule has 0 radical (unpaired) electrons. The van der Waals surface area contributed by atoms with Gasteiger partial charge in [-0.3, -0.25) is 4.90 Å². The number of guanidine groups is 1. The summed E-state index contributed by atoms with van der Waals surface area (Å²) in [6.45, 7) is 12.6. The van der Waals surface area contributed by atoms with Crippen LogP contribution < -0.4 is 11.1 Å². The van der Waals surface area contributed by atoms with Crippen LogP contribution in [-0.2, 0) is 6.54 Å². The number of thioether (sulfide) groups is 1. The van der Waals surface area contributed by atoms with Gasteiger partial charge in [0.05, 0.1) is 11.6 Å². The van der Waals surface area contributed by atoms with Gasteiger partial charge in [-0.1, -0.05) is 27.7 Å². The molecular formula is C18H32IN5S. The number of likely N-dealkylation sites (tertiary alicyclic amines) is 1. The minimum Gasteiger partial charge on any atom is -0.370 e. The Morgan fingerprint density at radius 3 is 2.92 bits per heavy atom. The van der Waals surface area contributed by atoms with Gasteiger partial charge in [-0.2, -0.15) is 0 Å². The van der Waals surface area contributed by atoms with Crippen LogP contribution in [0.4, 0.5) is 0 Å². The molecule has 0 bridgehead atoms. The van der Waals surface area contributed by atoms with E-state index in [9.17, 15) is 0 Å². The van der Waals surface area contributed by atoms with E-state index in [0.717, 1.165) is 23.7 Å². The Kier molecular flexibility index (Phi) is 9.51. The molecule has 3 N–H and O–H groups in total. The van der Waals surface area contributed by atoms with E-state index in [0.29, 0.717) is 18.5 Å². The fourth-order valence-corrected chi connectivity index (χ4v) is 3.87. The molecule has 7 heteroatoms. The Bertz CT molecular complexity index is 559. The lowest BCUT2D eigenvalue weighted by molar-refractivity contribution is 0.267. The van der Waals surface area contributed by atoms with Gasteiger partial charge in [0, 0.05) is 23.5 Å². The highest BCUT2D eigenvalue weighted by Gasteiger charge is 2.22. The Hall–Kier alpha value is -0.540. The molecule has 0 aromatic carbocycles. The molecule has 1 aromatic rings. The number of nitrogens with zero attached hydrogens (tertiary/aromatic N) is 3. The van der Waals surface area contributed by atoms with Crippen molar-refractivity contribution < 1.29 is 0 Å². The number of likely N-dealkylation sites (N-methyl/N-ethyl adjacent to an activating group) is 1. The van der Waals surface area contributed by atoms with Gasteiger partial charge in [0.1, 0.15) is 0 Å². The number of hydrogen-bond donors (Lipinski definition) is 2. The van der Waals surface area contributed by atoms with Crippen LogP contribution in [0.25, 0.3) is 0 Å². The molecule has 0 aliphatic carbocycles. The lowest BCUT2D eigenvalue weighted by Crippen LogP contribution is -2.42. The van der Waals surface area contributed by atoms with Gasteiger partial charge in [-0.25, -0.2) is 9.98 Å². The van der Waals surface area contributed by atoms with Crippen molar-refractivity contribution in [3.8, 4) is 0 Å². The molecule has 0 saturated carbocycles. The van der Waals surface area contributed by atoms with Crippen LogP contribution >= 0.6 is 35.7 Å². The van der Waals surface area contributed by atoms with E-state index < -0.39 is 0 Å². The number of hydrogen-bond acceptors (Lipinski definition) is 4. The fourth-order valence-electron chi connectivity index (χ4n) is 2.92. The van der Waals surface area contributed by atoms with Crippen LogP contribution in [0.1, 0.15) is 46.1 Å². The SMILES string of the molecule is CCN1CCCC1CNC(N)=NCc1ccnc(SC(C)(C)C)c1.I. The van der Waals surface area contributed by atoms with E-state index in [2.05, 4.69) is 54.0 Å². The molecule has 2 heterocycles. The number of pyridine rings is 1. The second-order valence-electron chi connectivity index (χ2n) is 7.22. The molecule has 1 atom stereocenters. The first-order chi connectivity index (χ1) is 11.4. The van der Waals surface area contributed by atoms with Crippen molar-refractivity contribution in [1.29, 1.82) is 0 Å². The number of aliphatic imine (C=N–C) groups is 1. The molecule has 1 aromatic heterocycles. The van der Waals surface area contributed by atoms with Crippen molar-refractivity contribution in [3.05, 3.63) is 23.9 Å². The van der Waals surface area contributed by atoms with Gasteiger partial charge < -0.3 is 11.1 Å². The fraction of sp³-hybridized carbons (Fsp3) is 0.667. The predicted molar refractivity (Wildman–Crippen MR) is 119 cm³/mol. The zero-order valence-corrected chi connectivity index (χ0v) is 18.9. The summed E-state index contributed by atoms with van der Waals surface area (Å²) >= 11 is 1.77. The first-order valence-electron chi connectivity index (χ1n) is 8.79. The zero-order valence-electron chi connectivity index (χ0n) is 15.8. The molecule has 1 saturated heterocycles. The van der Waals surface area contributed by atoms with Crippen molar-refractivity contribution in [1.82, 2.24) is 15.2 Å². The Balaban J connectivity index is 0.00000312. The second-order valence-corrected chi connectivity index (χ2v) is 9.07. The van der Waals surface area contributed by atoms with Crippen LogP contribution in [0.5, 0.6) is 0 Å². The zero-order chi connectivity index (χ0) is 17.6. The van der Waals surface area contributed by atoms with Crippen molar-refractivity contribution in [2.75, 3.05) is 19.6 Å². The lowest BCUT2D eigenvalue weighted by Gasteiger charge is -2.23. The van der Waals surface area contributed by atoms with Crippen LogP contribution in [0.15, 0.2) is 28.3 Å². The number of halogens is 1. The van der Waals surface area contributed by atoms with E-state index in [-0.39, 0.29) is 28.7 Å². The van der Waals surface area contributed by atoms with E-state index in [1.54, 1.807) is 11.8 Å². The molecule has 1 fully saturated rings. The van der Waals surface area contributed by atoms with E-state index in [1.807, 2.05) is 12.3 Å². The van der Waals surface area contributed by atoms with Gasteiger partial charge in [0.15, 0.2) is 5.96 Å². The number of nitrogens with two attached hydrogens (primary N) is 1. The third-order valence-electron chi connectivity index (χ3n) is 4.07. The Labute approximate surface area is 173 Å². The highest BCUT2D eigenvalue weighted by Crippen LogP contribution is 2.30. The summed E-state index contributed by atoms with van der Waals surface area (Å²) in [5, 5.41) is 4.31. The van der Waals surface area contributed by atoms with E-state index >= 15 is 0 Å². The highest BCUT2D eigenvalue weighted by atomic mass is 127. The van der Waals surface area contributed by atoms with Crippen molar-refractivity contribution >= 4 is 41.7 Å². The number of aromatic nitrogens is 1. The van der Waals surface area contributed by atoms with Crippen molar-refractivity contribution in [2.24, 2.45) is 10.7 Å². The molecule has 2 rings (SSSR count). The Morgan fingerprint density at radius 1 is 1.48 bits per heavy atom. The summed E-state index contributed by atoms with van der Waals surface area (Å²) in [7, 11) is 0. The minimum atomic E-state index is 0. The largest absolute Gasteiger partial charge is 0.370 e. The quantitative estimate of drug-likeness (QED) is 0.284. The summed E-state index contributed by atoms with van der Waals surface area (Å²) in [6, 6.07) is 4.68. The summed E-state index contributed by atoms with van der Waals surface area (Å²) in [5.41, 5.74) is 7.16. The van der Waals surface area contributed by atoms with Gasteiger partial charge in [0.2, 0.25) is 0 Å². The van der Waals surface area contributed by atoms with Crippen LogP contribution in [0.3, 0.4) is 0 Å². The molecule has 5 nitrogen and oxygen atoms in total. The average molecular weight is 477 g/mol. The third kappa shape index (κ3) is 8.13. The van der Waals surface area contributed by atoms with Crippen molar-refractivity contribution in [3.63, 3.8) is 0 Å². The summed E-state index contributed by atoms with van der Waals surface area (Å²) < 4.78 is 0.155. The molecule has 1 unspecified atom stereocenters. The number of rotatable bonds is 6. The normalized spacial score (nSPS) is 18.9. The van der Waals surface area contributed by atoms with Gasteiger partial charge >= 0.3 is 0 Å². The van der Waals surface area contributed by atoms with E-state index in [1.165, 1.54) is 19.4 Å². The molecule has 0 spiro atoms. The molecule has 142 valence electrons. The van der Waals surface area contributed by atoms with Crippen LogP contribution in [-0.4, -0.2) is 46.3 Å². The maximum absolute atomic E-state index is 6.03. The maximum atomic E-state index is 6.03. The predicted octanol–water partition coefficient (Wildman–Crippen LogP) is 3.48. The van der Waals surface area contributed by atoms with Crippen LogP contribution in [0, 0.1) is 0 Å². The molecular weight excluding hydrogens is 445 g/mol. The minimum absolute atomic E-state index is 0. The van der Waals surface area contributed by atoms with Crippen molar-refractivity contribution in [2.45, 2.75) is 62.9 Å². The van der Waals surface area contributed by atoms with Gasteiger partial charge in [-0.15, -0.1) is 35.7 Å². The monoisotopic (exact) mass is 477 g/mol. The summed E-state index contributed by atoms with van der Waals surface area (Å²) in [4.78, 5) is 11.4. The van der Waals surface area contributed by atoms with E-state index in [4.69, 9.17) is 5.73 Å². The molecule has 1 aliphatic rings. The highest BCUT2D eigenvalue weighted by molar-refractivity contribution is 14.0.